The van der Waals surface area contributed by atoms with Gasteiger partial charge in [-0.05, 0) is 38.3 Å². The van der Waals surface area contributed by atoms with Crippen molar-refractivity contribution in [1.82, 2.24) is 14.8 Å². The molecule has 2 saturated heterocycles. The molecule has 0 aromatic carbocycles. The van der Waals surface area contributed by atoms with Gasteiger partial charge in [0, 0.05) is 25.8 Å². The smallest absolute Gasteiger partial charge is 0.272 e. The molecule has 21 heavy (non-hydrogen) atoms. The Morgan fingerprint density at radius 3 is 2.90 bits per heavy atom. The monoisotopic (exact) mass is 287 g/mol. The molecule has 112 valence electrons. The van der Waals surface area contributed by atoms with Crippen LogP contribution in [0.3, 0.4) is 0 Å². The number of carbonyl (C=O) groups is 2. The molecule has 0 bridgehead atoms. The predicted molar refractivity (Wildman–Crippen MR) is 78.7 cm³/mol. The second kappa shape index (κ2) is 5.47. The predicted octanol–water partition coefficient (Wildman–Crippen LogP) is 1.70. The van der Waals surface area contributed by atoms with Crippen molar-refractivity contribution in [3.8, 4) is 0 Å². The van der Waals surface area contributed by atoms with Gasteiger partial charge in [-0.25, -0.2) is 0 Å². The zero-order chi connectivity index (χ0) is 14.9. The molecule has 0 aliphatic carbocycles. The van der Waals surface area contributed by atoms with Crippen molar-refractivity contribution in [2.45, 2.75) is 38.1 Å². The second-order valence-electron chi connectivity index (χ2n) is 5.94. The average molecular weight is 287 g/mol. The summed E-state index contributed by atoms with van der Waals surface area (Å²) >= 11 is 0. The molecule has 2 aliphatic heterocycles. The van der Waals surface area contributed by atoms with E-state index < -0.39 is 0 Å². The van der Waals surface area contributed by atoms with Crippen molar-refractivity contribution in [3.05, 3.63) is 30.1 Å². The van der Waals surface area contributed by atoms with Crippen LogP contribution in [-0.4, -0.2) is 51.8 Å². The molecule has 3 rings (SSSR count). The zero-order valence-corrected chi connectivity index (χ0v) is 12.4. The van der Waals surface area contributed by atoms with Gasteiger partial charge in [0.15, 0.2) is 0 Å². The summed E-state index contributed by atoms with van der Waals surface area (Å²) in [6.45, 7) is 4.10. The SMILES string of the molecule is CCN1C[C@@]2(CCCCN2C(=O)c2ccccn2)CC1=O. The van der Waals surface area contributed by atoms with Crippen molar-refractivity contribution in [2.24, 2.45) is 0 Å². The van der Waals surface area contributed by atoms with E-state index in [-0.39, 0.29) is 17.4 Å². The first-order valence-corrected chi connectivity index (χ1v) is 7.67. The van der Waals surface area contributed by atoms with E-state index >= 15 is 0 Å². The Morgan fingerprint density at radius 1 is 1.38 bits per heavy atom. The molecule has 2 fully saturated rings. The number of piperidine rings is 1. The molecule has 1 atom stereocenters. The molecule has 1 aromatic heterocycles. The normalized spacial score (nSPS) is 25.7. The van der Waals surface area contributed by atoms with Gasteiger partial charge in [-0.2, -0.15) is 0 Å². The molecule has 1 aromatic rings. The molecule has 0 N–H and O–H groups in total. The molecule has 1 spiro atoms. The number of nitrogens with zero attached hydrogens (tertiary/aromatic N) is 3. The molecular weight excluding hydrogens is 266 g/mol. The maximum Gasteiger partial charge on any atom is 0.272 e. The fraction of sp³-hybridized carbons (Fsp3) is 0.562. The number of aromatic nitrogens is 1. The summed E-state index contributed by atoms with van der Waals surface area (Å²) in [6.07, 6.45) is 5.09. The van der Waals surface area contributed by atoms with Crippen LogP contribution >= 0.6 is 0 Å². The van der Waals surface area contributed by atoms with Gasteiger partial charge in [-0.3, -0.25) is 14.6 Å². The van der Waals surface area contributed by atoms with E-state index in [1.807, 2.05) is 22.8 Å². The first kappa shape index (κ1) is 14.0. The summed E-state index contributed by atoms with van der Waals surface area (Å²) in [5.41, 5.74) is 0.154. The molecule has 5 heteroatoms. The zero-order valence-electron chi connectivity index (χ0n) is 12.4. The minimum Gasteiger partial charge on any atom is -0.341 e. The Kier molecular flexibility index (Phi) is 3.66. The molecule has 5 nitrogen and oxygen atoms in total. The van der Waals surface area contributed by atoms with E-state index in [0.717, 1.165) is 25.8 Å². The van der Waals surface area contributed by atoms with Crippen molar-refractivity contribution < 1.29 is 9.59 Å². The number of hydrogen-bond donors (Lipinski definition) is 0. The Morgan fingerprint density at radius 2 is 2.24 bits per heavy atom. The van der Waals surface area contributed by atoms with Crippen molar-refractivity contribution in [1.29, 1.82) is 0 Å². The highest BCUT2D eigenvalue weighted by molar-refractivity contribution is 5.94. The van der Waals surface area contributed by atoms with E-state index in [9.17, 15) is 9.59 Å². The van der Waals surface area contributed by atoms with Gasteiger partial charge in [0.2, 0.25) is 5.91 Å². The third-order valence-corrected chi connectivity index (χ3v) is 4.68. The van der Waals surface area contributed by atoms with Crippen molar-refractivity contribution >= 4 is 11.8 Å². The van der Waals surface area contributed by atoms with Gasteiger partial charge in [-0.15, -0.1) is 0 Å². The lowest BCUT2D eigenvalue weighted by Crippen LogP contribution is -2.56. The van der Waals surface area contributed by atoms with Gasteiger partial charge in [0.05, 0.1) is 12.0 Å². The van der Waals surface area contributed by atoms with Crippen LogP contribution in [0.1, 0.15) is 43.1 Å². The molecule has 0 unspecified atom stereocenters. The van der Waals surface area contributed by atoms with Crippen LogP contribution in [0.2, 0.25) is 0 Å². The Hall–Kier alpha value is -1.91. The first-order valence-electron chi connectivity index (χ1n) is 7.67. The summed E-state index contributed by atoms with van der Waals surface area (Å²) in [4.78, 5) is 32.9. The Balaban J connectivity index is 1.89. The lowest BCUT2D eigenvalue weighted by molar-refractivity contribution is -0.127. The highest BCUT2D eigenvalue weighted by Gasteiger charge is 2.49. The fourth-order valence-corrected chi connectivity index (χ4v) is 3.57. The molecular formula is C16H21N3O2. The van der Waals surface area contributed by atoms with Gasteiger partial charge in [-0.1, -0.05) is 6.07 Å². The fourth-order valence-electron chi connectivity index (χ4n) is 3.57. The molecule has 0 saturated carbocycles. The average Bonchev–Trinajstić information content (AvgIpc) is 2.84. The summed E-state index contributed by atoms with van der Waals surface area (Å²) in [5.74, 6) is 0.124. The number of pyridine rings is 1. The third kappa shape index (κ3) is 2.41. The maximum atomic E-state index is 12.8. The van der Waals surface area contributed by atoms with Crippen LogP contribution in [0.15, 0.2) is 24.4 Å². The van der Waals surface area contributed by atoms with Gasteiger partial charge < -0.3 is 9.80 Å². The number of amides is 2. The van der Waals surface area contributed by atoms with Crippen LogP contribution < -0.4 is 0 Å². The Labute approximate surface area is 124 Å². The molecule has 2 amide bonds. The number of carbonyl (C=O) groups excluding carboxylic acids is 2. The van der Waals surface area contributed by atoms with E-state index in [1.165, 1.54) is 0 Å². The minimum atomic E-state index is -0.319. The van der Waals surface area contributed by atoms with Crippen molar-refractivity contribution in [2.75, 3.05) is 19.6 Å². The summed E-state index contributed by atoms with van der Waals surface area (Å²) in [7, 11) is 0. The van der Waals surface area contributed by atoms with Crippen molar-refractivity contribution in [3.63, 3.8) is 0 Å². The maximum absolute atomic E-state index is 12.8. The lowest BCUT2D eigenvalue weighted by Gasteiger charge is -2.44. The molecule has 0 radical (unpaired) electrons. The third-order valence-electron chi connectivity index (χ3n) is 4.68. The molecule has 3 heterocycles. The van der Waals surface area contributed by atoms with E-state index in [2.05, 4.69) is 4.98 Å². The van der Waals surface area contributed by atoms with Gasteiger partial charge in [0.1, 0.15) is 5.69 Å². The first-order chi connectivity index (χ1) is 10.2. The number of likely N-dealkylation sites (N-methyl/N-ethyl adjacent to an activating group) is 1. The van der Waals surface area contributed by atoms with E-state index in [4.69, 9.17) is 0 Å². The number of hydrogen-bond acceptors (Lipinski definition) is 3. The topological polar surface area (TPSA) is 53.5 Å². The highest BCUT2D eigenvalue weighted by atomic mass is 16.2. The lowest BCUT2D eigenvalue weighted by atomic mass is 9.85. The van der Waals surface area contributed by atoms with Gasteiger partial charge >= 0.3 is 0 Å². The number of rotatable bonds is 2. The summed E-state index contributed by atoms with van der Waals surface area (Å²) in [6, 6.07) is 5.38. The second-order valence-corrected chi connectivity index (χ2v) is 5.94. The van der Waals surface area contributed by atoms with Crippen LogP contribution in [0, 0.1) is 0 Å². The molecule has 2 aliphatic rings. The van der Waals surface area contributed by atoms with E-state index in [0.29, 0.717) is 25.2 Å². The largest absolute Gasteiger partial charge is 0.341 e. The summed E-state index contributed by atoms with van der Waals surface area (Å²) in [5, 5.41) is 0. The van der Waals surface area contributed by atoms with Gasteiger partial charge in [0.25, 0.3) is 5.91 Å². The Bertz CT molecular complexity index is 546. The van der Waals surface area contributed by atoms with Crippen LogP contribution in [-0.2, 0) is 4.79 Å². The van der Waals surface area contributed by atoms with Crippen LogP contribution in [0.25, 0.3) is 0 Å². The highest BCUT2D eigenvalue weighted by Crippen LogP contribution is 2.37. The summed E-state index contributed by atoms with van der Waals surface area (Å²) < 4.78 is 0. The van der Waals surface area contributed by atoms with E-state index in [1.54, 1.807) is 18.3 Å². The minimum absolute atomic E-state index is 0.0407. The number of likely N-dealkylation sites (tertiary alicyclic amines) is 2. The quantitative estimate of drug-likeness (QED) is 0.832. The van der Waals surface area contributed by atoms with Crippen LogP contribution in [0.5, 0.6) is 0 Å². The standard InChI is InChI=1S/C16H21N3O2/c1-2-18-12-16(11-14(18)20)8-4-6-10-19(16)15(21)13-7-3-5-9-17-13/h3,5,7,9H,2,4,6,8,10-12H2,1H3/t16-/m1/s1. The van der Waals surface area contributed by atoms with Crippen LogP contribution in [0.4, 0.5) is 0 Å².